The number of benzene rings is 1. The number of likely N-dealkylation sites (N-methyl/N-ethyl adjacent to an activating group) is 1. The van der Waals surface area contributed by atoms with Crippen LogP contribution in [-0.4, -0.2) is 53.4 Å². The Kier molecular flexibility index (Phi) is 4.60. The monoisotopic (exact) mass is 330 g/mol. The van der Waals surface area contributed by atoms with Crippen LogP contribution < -0.4 is 4.90 Å². The lowest BCUT2D eigenvalue weighted by molar-refractivity contribution is -0.0534. The summed E-state index contributed by atoms with van der Waals surface area (Å²) in [5, 5.41) is 15.4. The van der Waals surface area contributed by atoms with Crippen molar-refractivity contribution >= 4 is 6.01 Å². The van der Waals surface area contributed by atoms with Crippen molar-refractivity contribution in [2.75, 3.05) is 32.1 Å². The van der Waals surface area contributed by atoms with Crippen molar-refractivity contribution in [2.45, 2.75) is 37.8 Å². The van der Waals surface area contributed by atoms with Crippen LogP contribution in [0.2, 0.25) is 0 Å². The fourth-order valence-electron chi connectivity index (χ4n) is 3.34. The summed E-state index contributed by atoms with van der Waals surface area (Å²) in [5.41, 5.74) is 0.0686. The third-order valence-electron chi connectivity index (χ3n) is 4.82. The third kappa shape index (κ3) is 3.03. The number of nitrogens with zero attached hydrogens (tertiary/aromatic N) is 4. The minimum absolute atomic E-state index is 0.0666. The van der Waals surface area contributed by atoms with E-state index >= 15 is 0 Å². The van der Waals surface area contributed by atoms with Crippen LogP contribution in [0.3, 0.4) is 0 Å². The minimum atomic E-state index is -0.887. The normalized spacial score (nSPS) is 24.8. The third-order valence-corrected chi connectivity index (χ3v) is 4.82. The first-order valence-corrected chi connectivity index (χ1v) is 8.44. The maximum Gasteiger partial charge on any atom is 0.324 e. The molecule has 3 rings (SSSR count). The van der Waals surface area contributed by atoms with Crippen molar-refractivity contribution in [3.8, 4) is 0 Å². The van der Waals surface area contributed by atoms with Gasteiger partial charge in [-0.2, -0.15) is 4.98 Å². The van der Waals surface area contributed by atoms with Crippen LogP contribution in [0.15, 0.2) is 34.9 Å². The average molecular weight is 330 g/mol. The Morgan fingerprint density at radius 2 is 2.00 bits per heavy atom. The Balaban J connectivity index is 1.85. The van der Waals surface area contributed by atoms with E-state index in [0.29, 0.717) is 25.5 Å². The quantitative estimate of drug-likeness (QED) is 0.927. The van der Waals surface area contributed by atoms with Crippen LogP contribution in [0.25, 0.3) is 0 Å². The fraction of sp³-hybridized carbons (Fsp3) is 0.556. The van der Waals surface area contributed by atoms with E-state index in [4.69, 9.17) is 4.52 Å². The maximum atomic E-state index is 11.4. The van der Waals surface area contributed by atoms with Crippen LogP contribution in [-0.2, 0) is 5.60 Å². The number of hydrogen-bond donors (Lipinski definition) is 1. The average Bonchev–Trinajstić information content (AvgIpc) is 3.06. The molecule has 0 bridgehead atoms. The maximum absolute atomic E-state index is 11.4. The standard InChI is InChI=1S/C18H26N4O2/c1-13(2)16-19-17(24-20-16)22-11-10-18(23,15(12-22)21(3)4)14-8-6-5-7-9-14/h5-9,13,15,23H,10-12H2,1-4H3/t15-,18+/m1/s1. The predicted molar refractivity (Wildman–Crippen MR) is 93.0 cm³/mol. The van der Waals surface area contributed by atoms with Crippen LogP contribution >= 0.6 is 0 Å². The Hall–Kier alpha value is -1.92. The Labute approximate surface area is 143 Å². The smallest absolute Gasteiger partial charge is 0.324 e. The molecule has 0 amide bonds. The predicted octanol–water partition coefficient (Wildman–Crippen LogP) is 2.22. The number of aliphatic hydroxyl groups is 1. The number of piperidine rings is 1. The molecule has 1 aliphatic heterocycles. The second-order valence-electron chi connectivity index (χ2n) is 7.06. The summed E-state index contributed by atoms with van der Waals surface area (Å²) in [4.78, 5) is 8.63. The van der Waals surface area contributed by atoms with Gasteiger partial charge in [-0.3, -0.25) is 0 Å². The first kappa shape index (κ1) is 16.9. The molecule has 0 radical (unpaired) electrons. The SMILES string of the molecule is CC(C)c1noc(N2CC[C@](O)(c3ccccc3)[C@H](N(C)C)C2)n1. The van der Waals surface area contributed by atoms with Crippen molar-refractivity contribution in [3.63, 3.8) is 0 Å². The topological polar surface area (TPSA) is 65.6 Å². The van der Waals surface area contributed by atoms with E-state index in [1.54, 1.807) is 0 Å². The molecule has 0 saturated carbocycles. The lowest BCUT2D eigenvalue weighted by Crippen LogP contribution is -2.59. The summed E-state index contributed by atoms with van der Waals surface area (Å²) in [6, 6.07) is 10.4. The van der Waals surface area contributed by atoms with Crippen molar-refractivity contribution in [2.24, 2.45) is 0 Å². The Morgan fingerprint density at radius 1 is 1.29 bits per heavy atom. The largest absolute Gasteiger partial charge is 0.383 e. The molecule has 0 unspecified atom stereocenters. The van der Waals surface area contributed by atoms with Gasteiger partial charge in [0.25, 0.3) is 0 Å². The molecule has 130 valence electrons. The van der Waals surface area contributed by atoms with E-state index in [-0.39, 0.29) is 12.0 Å². The van der Waals surface area contributed by atoms with Gasteiger partial charge >= 0.3 is 6.01 Å². The Bertz CT molecular complexity index is 671. The van der Waals surface area contributed by atoms with E-state index in [9.17, 15) is 5.11 Å². The summed E-state index contributed by atoms with van der Waals surface area (Å²) in [6.45, 7) is 5.40. The van der Waals surface area contributed by atoms with Gasteiger partial charge in [0.05, 0.1) is 6.04 Å². The molecule has 6 heteroatoms. The molecule has 24 heavy (non-hydrogen) atoms. The summed E-state index contributed by atoms with van der Waals surface area (Å²) in [6.07, 6.45) is 0.610. The van der Waals surface area contributed by atoms with Crippen molar-refractivity contribution in [3.05, 3.63) is 41.7 Å². The molecule has 2 aromatic rings. The van der Waals surface area contributed by atoms with Gasteiger partial charge in [0.1, 0.15) is 5.60 Å². The summed E-state index contributed by atoms with van der Waals surface area (Å²) >= 11 is 0. The van der Waals surface area contributed by atoms with E-state index in [1.807, 2.05) is 58.3 Å². The van der Waals surface area contributed by atoms with Gasteiger partial charge in [-0.15, -0.1) is 0 Å². The first-order valence-electron chi connectivity index (χ1n) is 8.44. The number of anilines is 1. The van der Waals surface area contributed by atoms with Crippen molar-refractivity contribution < 1.29 is 9.63 Å². The number of aromatic nitrogens is 2. The highest BCUT2D eigenvalue weighted by atomic mass is 16.5. The van der Waals surface area contributed by atoms with Crippen LogP contribution in [0.4, 0.5) is 6.01 Å². The van der Waals surface area contributed by atoms with E-state index in [0.717, 1.165) is 11.4 Å². The molecule has 0 spiro atoms. The fourth-order valence-corrected chi connectivity index (χ4v) is 3.34. The molecule has 1 aromatic heterocycles. The molecule has 6 nitrogen and oxygen atoms in total. The molecule has 1 saturated heterocycles. The molecule has 2 atom stereocenters. The van der Waals surface area contributed by atoms with Gasteiger partial charge in [-0.05, 0) is 26.1 Å². The first-order chi connectivity index (χ1) is 11.4. The zero-order valence-corrected chi connectivity index (χ0v) is 14.8. The second kappa shape index (κ2) is 6.53. The highest BCUT2D eigenvalue weighted by Gasteiger charge is 2.45. The van der Waals surface area contributed by atoms with Gasteiger partial charge in [0.15, 0.2) is 5.82 Å². The van der Waals surface area contributed by atoms with Gasteiger partial charge in [0, 0.05) is 19.0 Å². The number of hydrogen-bond acceptors (Lipinski definition) is 6. The summed E-state index contributed by atoms with van der Waals surface area (Å²) in [7, 11) is 3.99. The molecular formula is C18H26N4O2. The molecule has 1 fully saturated rings. The highest BCUT2D eigenvalue weighted by Crippen LogP contribution is 2.36. The molecule has 1 aliphatic rings. The second-order valence-corrected chi connectivity index (χ2v) is 7.06. The zero-order chi connectivity index (χ0) is 17.3. The molecule has 1 N–H and O–H groups in total. The van der Waals surface area contributed by atoms with Gasteiger partial charge in [0.2, 0.25) is 0 Å². The summed E-state index contributed by atoms with van der Waals surface area (Å²) in [5.74, 6) is 0.952. The van der Waals surface area contributed by atoms with E-state index in [1.165, 1.54) is 0 Å². The van der Waals surface area contributed by atoms with Crippen molar-refractivity contribution in [1.82, 2.24) is 15.0 Å². The van der Waals surface area contributed by atoms with Crippen LogP contribution in [0.1, 0.15) is 37.6 Å². The molecule has 2 heterocycles. The number of rotatable bonds is 4. The molecule has 1 aromatic carbocycles. The van der Waals surface area contributed by atoms with Crippen LogP contribution in [0.5, 0.6) is 0 Å². The highest BCUT2D eigenvalue weighted by molar-refractivity contribution is 5.33. The van der Waals surface area contributed by atoms with Crippen molar-refractivity contribution in [1.29, 1.82) is 0 Å². The Morgan fingerprint density at radius 3 is 2.58 bits per heavy atom. The minimum Gasteiger partial charge on any atom is -0.383 e. The van der Waals surface area contributed by atoms with E-state index < -0.39 is 5.60 Å². The van der Waals surface area contributed by atoms with Gasteiger partial charge in [-0.25, -0.2) is 0 Å². The lowest BCUT2D eigenvalue weighted by Gasteiger charge is -2.47. The van der Waals surface area contributed by atoms with E-state index in [2.05, 4.69) is 19.9 Å². The lowest BCUT2D eigenvalue weighted by atomic mass is 9.80. The zero-order valence-electron chi connectivity index (χ0n) is 14.8. The van der Waals surface area contributed by atoms with Crippen LogP contribution in [0, 0.1) is 0 Å². The van der Waals surface area contributed by atoms with Gasteiger partial charge < -0.3 is 19.4 Å². The van der Waals surface area contributed by atoms with Gasteiger partial charge in [-0.1, -0.05) is 49.3 Å². The molecular weight excluding hydrogens is 304 g/mol. The summed E-state index contributed by atoms with van der Waals surface area (Å²) < 4.78 is 5.43. The molecule has 0 aliphatic carbocycles.